The van der Waals surface area contributed by atoms with Gasteiger partial charge in [0.1, 0.15) is 0 Å². The van der Waals surface area contributed by atoms with Gasteiger partial charge in [-0.1, -0.05) is 17.3 Å². The zero-order chi connectivity index (χ0) is 12.2. The summed E-state index contributed by atoms with van der Waals surface area (Å²) in [6, 6.07) is 4.74. The van der Waals surface area contributed by atoms with E-state index >= 15 is 0 Å². The number of rotatable bonds is 3. The van der Waals surface area contributed by atoms with Crippen LogP contribution in [0.2, 0.25) is 0 Å². The molecule has 0 radical (unpaired) electrons. The van der Waals surface area contributed by atoms with Crippen molar-refractivity contribution in [2.24, 2.45) is 5.16 Å². The number of hydrogen-bond acceptors (Lipinski definition) is 3. The van der Waals surface area contributed by atoms with Crippen LogP contribution in [0.3, 0.4) is 0 Å². The van der Waals surface area contributed by atoms with Crippen LogP contribution in [-0.4, -0.2) is 22.9 Å². The molecule has 0 aromatic heterocycles. The maximum Gasteiger partial charge on any atom is 0.416 e. The second-order valence-electron chi connectivity index (χ2n) is 3.06. The molecule has 0 amide bonds. The zero-order valence-electron chi connectivity index (χ0n) is 8.45. The van der Waals surface area contributed by atoms with E-state index in [0.29, 0.717) is 5.75 Å². The summed E-state index contributed by atoms with van der Waals surface area (Å²) in [6.45, 7) is 0. The Bertz CT molecular complexity index is 390. The molecule has 1 aromatic rings. The van der Waals surface area contributed by atoms with Crippen molar-refractivity contribution < 1.29 is 18.4 Å². The van der Waals surface area contributed by atoms with E-state index in [-0.39, 0.29) is 11.3 Å². The van der Waals surface area contributed by atoms with Crippen LogP contribution in [0.25, 0.3) is 0 Å². The van der Waals surface area contributed by atoms with Gasteiger partial charge >= 0.3 is 6.18 Å². The molecule has 0 aliphatic carbocycles. The van der Waals surface area contributed by atoms with Crippen LogP contribution in [-0.2, 0) is 6.18 Å². The van der Waals surface area contributed by atoms with E-state index in [1.165, 1.54) is 23.9 Å². The third-order valence-electron chi connectivity index (χ3n) is 1.92. The fourth-order valence-corrected chi connectivity index (χ4v) is 1.68. The van der Waals surface area contributed by atoms with Gasteiger partial charge in [0, 0.05) is 11.3 Å². The van der Waals surface area contributed by atoms with Gasteiger partial charge in [-0.2, -0.15) is 24.9 Å². The van der Waals surface area contributed by atoms with Crippen LogP contribution in [0.5, 0.6) is 0 Å². The Morgan fingerprint density at radius 2 is 2.12 bits per heavy atom. The van der Waals surface area contributed by atoms with Crippen molar-refractivity contribution in [1.82, 2.24) is 0 Å². The lowest BCUT2D eigenvalue weighted by atomic mass is 10.1. The van der Waals surface area contributed by atoms with Gasteiger partial charge in [-0.05, 0) is 18.4 Å². The first kappa shape index (κ1) is 12.9. The highest BCUT2D eigenvalue weighted by atomic mass is 32.2. The van der Waals surface area contributed by atoms with Crippen molar-refractivity contribution in [3.8, 4) is 0 Å². The van der Waals surface area contributed by atoms with Crippen molar-refractivity contribution in [2.45, 2.75) is 6.18 Å². The summed E-state index contributed by atoms with van der Waals surface area (Å²) >= 11 is 1.37. The Hall–Kier alpha value is -1.17. The molecule has 6 heteroatoms. The van der Waals surface area contributed by atoms with Crippen LogP contribution >= 0.6 is 11.8 Å². The van der Waals surface area contributed by atoms with E-state index in [4.69, 9.17) is 5.21 Å². The molecule has 0 spiro atoms. The van der Waals surface area contributed by atoms with Gasteiger partial charge < -0.3 is 5.21 Å². The van der Waals surface area contributed by atoms with Crippen molar-refractivity contribution >= 4 is 17.5 Å². The fraction of sp³-hybridized carbons (Fsp3) is 0.300. The Kier molecular flexibility index (Phi) is 4.23. The van der Waals surface area contributed by atoms with Gasteiger partial charge in [-0.25, -0.2) is 0 Å². The van der Waals surface area contributed by atoms with E-state index in [1.54, 1.807) is 6.26 Å². The highest BCUT2D eigenvalue weighted by Gasteiger charge is 2.30. The van der Waals surface area contributed by atoms with Crippen molar-refractivity contribution in [3.05, 3.63) is 35.4 Å². The van der Waals surface area contributed by atoms with Gasteiger partial charge in [0.15, 0.2) is 0 Å². The average Bonchev–Trinajstić information content (AvgIpc) is 2.25. The topological polar surface area (TPSA) is 32.6 Å². The highest BCUT2D eigenvalue weighted by Crippen LogP contribution is 2.29. The van der Waals surface area contributed by atoms with E-state index in [0.717, 1.165) is 12.1 Å². The highest BCUT2D eigenvalue weighted by molar-refractivity contribution is 7.99. The Morgan fingerprint density at radius 1 is 1.44 bits per heavy atom. The minimum atomic E-state index is -4.38. The number of alkyl halides is 3. The largest absolute Gasteiger partial charge is 0.416 e. The van der Waals surface area contributed by atoms with Gasteiger partial charge in [-0.3, -0.25) is 0 Å². The Labute approximate surface area is 95.2 Å². The predicted octanol–water partition coefficient (Wildman–Crippen LogP) is 3.25. The van der Waals surface area contributed by atoms with E-state index in [2.05, 4.69) is 5.16 Å². The molecule has 0 heterocycles. The van der Waals surface area contributed by atoms with Gasteiger partial charge in [0.05, 0.1) is 11.3 Å². The van der Waals surface area contributed by atoms with Gasteiger partial charge in [0.25, 0.3) is 0 Å². The number of hydrogen-bond donors (Lipinski definition) is 1. The summed E-state index contributed by atoms with van der Waals surface area (Å²) < 4.78 is 37.2. The van der Waals surface area contributed by atoms with Crippen molar-refractivity contribution in [1.29, 1.82) is 0 Å². The average molecular weight is 249 g/mol. The molecular formula is C10H10F3NOS. The zero-order valence-corrected chi connectivity index (χ0v) is 9.27. The lowest BCUT2D eigenvalue weighted by Crippen LogP contribution is -2.09. The molecule has 0 bridgehead atoms. The monoisotopic (exact) mass is 249 g/mol. The molecular weight excluding hydrogens is 239 g/mol. The Balaban J connectivity index is 3.07. The number of nitrogens with zero attached hydrogens (tertiary/aromatic N) is 1. The standard InChI is InChI=1S/C10H10F3NOS/c1-16-6-9(14-15)7-3-2-4-8(5-7)10(11,12)13/h2-5,15H,6H2,1H3. The van der Waals surface area contributed by atoms with Crippen LogP contribution in [0.1, 0.15) is 11.1 Å². The SMILES string of the molecule is CSCC(=NO)c1cccc(C(F)(F)F)c1. The van der Waals surface area contributed by atoms with Crippen molar-refractivity contribution in [3.63, 3.8) is 0 Å². The molecule has 0 aliphatic rings. The molecule has 0 fully saturated rings. The Morgan fingerprint density at radius 3 is 2.62 bits per heavy atom. The number of thioether (sulfide) groups is 1. The van der Waals surface area contributed by atoms with Crippen LogP contribution < -0.4 is 0 Å². The maximum atomic E-state index is 12.4. The molecule has 0 saturated carbocycles. The molecule has 2 nitrogen and oxygen atoms in total. The normalized spacial score (nSPS) is 12.9. The first-order valence-corrected chi connectivity index (χ1v) is 5.76. The number of oxime groups is 1. The predicted molar refractivity (Wildman–Crippen MR) is 58.1 cm³/mol. The molecule has 1 rings (SSSR count). The maximum absolute atomic E-state index is 12.4. The van der Waals surface area contributed by atoms with Crippen LogP contribution in [0.4, 0.5) is 13.2 Å². The molecule has 0 atom stereocenters. The molecule has 1 N–H and O–H groups in total. The third-order valence-corrected chi connectivity index (χ3v) is 2.49. The lowest BCUT2D eigenvalue weighted by Gasteiger charge is -2.09. The summed E-state index contributed by atoms with van der Waals surface area (Å²) in [4.78, 5) is 0. The second-order valence-corrected chi connectivity index (χ2v) is 3.92. The lowest BCUT2D eigenvalue weighted by molar-refractivity contribution is -0.137. The molecule has 0 unspecified atom stereocenters. The number of benzene rings is 1. The smallest absolute Gasteiger partial charge is 0.411 e. The van der Waals surface area contributed by atoms with Gasteiger partial charge in [-0.15, -0.1) is 0 Å². The summed E-state index contributed by atoms with van der Waals surface area (Å²) in [7, 11) is 0. The number of halogens is 3. The van der Waals surface area contributed by atoms with E-state index in [9.17, 15) is 13.2 Å². The molecule has 16 heavy (non-hydrogen) atoms. The molecule has 0 aliphatic heterocycles. The first-order chi connectivity index (χ1) is 7.49. The first-order valence-electron chi connectivity index (χ1n) is 4.36. The molecule has 0 saturated heterocycles. The molecule has 1 aromatic carbocycles. The quantitative estimate of drug-likeness (QED) is 0.506. The summed E-state index contributed by atoms with van der Waals surface area (Å²) in [5.74, 6) is 0.359. The van der Waals surface area contributed by atoms with E-state index in [1.807, 2.05) is 0 Å². The summed E-state index contributed by atoms with van der Waals surface area (Å²) in [5.41, 5.74) is -0.225. The minimum Gasteiger partial charge on any atom is -0.411 e. The summed E-state index contributed by atoms with van der Waals surface area (Å²) in [6.07, 6.45) is -2.60. The second kappa shape index (κ2) is 5.25. The molecule has 88 valence electrons. The van der Waals surface area contributed by atoms with Crippen LogP contribution in [0, 0.1) is 0 Å². The van der Waals surface area contributed by atoms with Crippen molar-refractivity contribution in [2.75, 3.05) is 12.0 Å². The minimum absolute atomic E-state index is 0.235. The van der Waals surface area contributed by atoms with Gasteiger partial charge in [0.2, 0.25) is 0 Å². The van der Waals surface area contributed by atoms with Crippen LogP contribution in [0.15, 0.2) is 29.4 Å². The third kappa shape index (κ3) is 3.16. The summed E-state index contributed by atoms with van der Waals surface area (Å²) in [5, 5.41) is 11.7. The fourth-order valence-electron chi connectivity index (χ4n) is 1.18. The van der Waals surface area contributed by atoms with E-state index < -0.39 is 11.7 Å².